The zero-order chi connectivity index (χ0) is 18.4. The molecule has 1 N–H and O–H groups in total. The Balaban J connectivity index is 1.67. The third-order valence-electron chi connectivity index (χ3n) is 4.85. The number of nitrogens with one attached hydrogen (secondary N) is 1. The van der Waals surface area contributed by atoms with Crippen molar-refractivity contribution in [3.8, 4) is 0 Å². The normalized spacial score (nSPS) is 18.6. The molecule has 1 aliphatic heterocycles. The highest BCUT2D eigenvalue weighted by Gasteiger charge is 2.28. The second-order valence-corrected chi connectivity index (χ2v) is 7.44. The van der Waals surface area contributed by atoms with Gasteiger partial charge in [-0.1, -0.05) is 44.2 Å². The Morgan fingerprint density at radius 3 is 2.62 bits per heavy atom. The van der Waals surface area contributed by atoms with Crippen LogP contribution in [0, 0.1) is 11.8 Å². The molecule has 1 aliphatic rings. The first-order valence-corrected chi connectivity index (χ1v) is 9.50. The summed E-state index contributed by atoms with van der Waals surface area (Å²) in [5, 5.41) is 3.30. The minimum absolute atomic E-state index is 0.0223. The summed E-state index contributed by atoms with van der Waals surface area (Å²) in [7, 11) is 0. The average Bonchev–Trinajstić information content (AvgIpc) is 2.68. The van der Waals surface area contributed by atoms with E-state index in [-0.39, 0.29) is 17.9 Å². The van der Waals surface area contributed by atoms with Crippen LogP contribution in [0.25, 0.3) is 0 Å². The second-order valence-electron chi connectivity index (χ2n) is 7.44. The molecule has 0 spiro atoms. The molecule has 0 bridgehead atoms. The molecule has 1 saturated heterocycles. The van der Waals surface area contributed by atoms with Gasteiger partial charge >= 0.3 is 0 Å². The molecular formula is C21H28N4O. The van der Waals surface area contributed by atoms with Crippen molar-refractivity contribution in [1.82, 2.24) is 15.3 Å². The van der Waals surface area contributed by atoms with E-state index in [9.17, 15) is 4.79 Å². The standard InChI is InChI=1S/C21H28N4O/c1-16(2)14-19(17-8-4-3-5-9-17)24-20(26)18-10-6-13-25(15-18)21-22-11-7-12-23-21/h3-5,7-9,11-12,16,18-19H,6,10,13-15H2,1-2H3,(H,24,26)/t18-,19+/m1/s1. The van der Waals surface area contributed by atoms with Crippen LogP contribution in [0.5, 0.6) is 0 Å². The Morgan fingerprint density at radius 1 is 1.19 bits per heavy atom. The average molecular weight is 352 g/mol. The Hall–Kier alpha value is -2.43. The van der Waals surface area contributed by atoms with Crippen LogP contribution in [0.4, 0.5) is 5.95 Å². The highest BCUT2D eigenvalue weighted by atomic mass is 16.2. The van der Waals surface area contributed by atoms with Gasteiger partial charge in [-0.2, -0.15) is 0 Å². The van der Waals surface area contributed by atoms with Crippen LogP contribution in [0.1, 0.15) is 44.7 Å². The fourth-order valence-corrected chi connectivity index (χ4v) is 3.55. The van der Waals surface area contributed by atoms with Gasteiger partial charge in [0.05, 0.1) is 12.0 Å². The molecule has 138 valence electrons. The van der Waals surface area contributed by atoms with Crippen LogP contribution in [0.2, 0.25) is 0 Å². The SMILES string of the molecule is CC(C)C[C@H](NC(=O)[C@@H]1CCCN(c2ncccn2)C1)c1ccccc1. The predicted octanol–water partition coefficient (Wildman–Crippen LogP) is 3.60. The Bertz CT molecular complexity index is 690. The van der Waals surface area contributed by atoms with Crippen molar-refractivity contribution in [2.75, 3.05) is 18.0 Å². The number of nitrogens with zero attached hydrogens (tertiary/aromatic N) is 3. The lowest BCUT2D eigenvalue weighted by Gasteiger charge is -2.33. The Labute approximate surface area is 155 Å². The van der Waals surface area contributed by atoms with Crippen LogP contribution in [0.3, 0.4) is 0 Å². The van der Waals surface area contributed by atoms with Crippen LogP contribution in [-0.4, -0.2) is 29.0 Å². The maximum absolute atomic E-state index is 13.0. The predicted molar refractivity (Wildman–Crippen MR) is 104 cm³/mol. The van der Waals surface area contributed by atoms with Gasteiger partial charge in [0.2, 0.25) is 11.9 Å². The number of piperidine rings is 1. The number of amides is 1. The lowest BCUT2D eigenvalue weighted by atomic mass is 9.93. The van der Waals surface area contributed by atoms with E-state index < -0.39 is 0 Å². The van der Waals surface area contributed by atoms with E-state index in [4.69, 9.17) is 0 Å². The lowest BCUT2D eigenvalue weighted by molar-refractivity contribution is -0.126. The van der Waals surface area contributed by atoms with Crippen molar-refractivity contribution in [2.24, 2.45) is 11.8 Å². The maximum Gasteiger partial charge on any atom is 0.225 e. The summed E-state index contributed by atoms with van der Waals surface area (Å²) in [6, 6.07) is 12.1. The number of hydrogen-bond donors (Lipinski definition) is 1. The number of carbonyl (C=O) groups excluding carboxylic acids is 1. The minimum Gasteiger partial charge on any atom is -0.349 e. The molecule has 5 nitrogen and oxygen atoms in total. The summed E-state index contributed by atoms with van der Waals surface area (Å²) in [6.07, 6.45) is 6.34. The van der Waals surface area contributed by atoms with Gasteiger partial charge in [0.25, 0.3) is 0 Å². The van der Waals surface area contributed by atoms with E-state index in [1.165, 1.54) is 5.56 Å². The summed E-state index contributed by atoms with van der Waals surface area (Å²) in [5.41, 5.74) is 1.17. The second kappa shape index (κ2) is 8.79. The third kappa shape index (κ3) is 4.81. The van der Waals surface area contributed by atoms with Gasteiger partial charge in [-0.05, 0) is 36.8 Å². The fraction of sp³-hybridized carbons (Fsp3) is 0.476. The Morgan fingerprint density at radius 2 is 1.92 bits per heavy atom. The molecule has 5 heteroatoms. The molecule has 0 saturated carbocycles. The zero-order valence-electron chi connectivity index (χ0n) is 15.6. The van der Waals surface area contributed by atoms with Gasteiger partial charge in [-0.3, -0.25) is 4.79 Å². The van der Waals surface area contributed by atoms with E-state index in [1.807, 2.05) is 24.3 Å². The highest BCUT2D eigenvalue weighted by Crippen LogP contribution is 2.24. The molecule has 0 aliphatic carbocycles. The van der Waals surface area contributed by atoms with E-state index in [2.05, 4.69) is 46.2 Å². The number of rotatable bonds is 6. The maximum atomic E-state index is 13.0. The molecule has 1 aromatic carbocycles. The van der Waals surface area contributed by atoms with Gasteiger partial charge in [-0.25, -0.2) is 9.97 Å². The van der Waals surface area contributed by atoms with Gasteiger partial charge in [-0.15, -0.1) is 0 Å². The van der Waals surface area contributed by atoms with E-state index in [0.29, 0.717) is 18.4 Å². The van der Waals surface area contributed by atoms with Crippen molar-refractivity contribution < 1.29 is 4.79 Å². The van der Waals surface area contributed by atoms with Crippen molar-refractivity contribution >= 4 is 11.9 Å². The molecule has 1 fully saturated rings. The third-order valence-corrected chi connectivity index (χ3v) is 4.85. The summed E-state index contributed by atoms with van der Waals surface area (Å²) < 4.78 is 0. The van der Waals surface area contributed by atoms with Crippen molar-refractivity contribution in [2.45, 2.75) is 39.2 Å². The first-order valence-electron chi connectivity index (χ1n) is 9.50. The van der Waals surface area contributed by atoms with Crippen LogP contribution < -0.4 is 10.2 Å². The van der Waals surface area contributed by atoms with E-state index in [1.54, 1.807) is 12.4 Å². The molecule has 1 amide bonds. The number of aromatic nitrogens is 2. The lowest BCUT2D eigenvalue weighted by Crippen LogP contribution is -2.44. The van der Waals surface area contributed by atoms with Crippen LogP contribution in [0.15, 0.2) is 48.8 Å². The molecule has 2 atom stereocenters. The number of anilines is 1. The van der Waals surface area contributed by atoms with Crippen molar-refractivity contribution in [1.29, 1.82) is 0 Å². The van der Waals surface area contributed by atoms with Gasteiger partial charge < -0.3 is 10.2 Å². The summed E-state index contributed by atoms with van der Waals surface area (Å²) in [6.45, 7) is 5.97. The molecular weight excluding hydrogens is 324 g/mol. The van der Waals surface area contributed by atoms with Crippen LogP contribution in [-0.2, 0) is 4.79 Å². The van der Waals surface area contributed by atoms with Crippen molar-refractivity contribution in [3.05, 3.63) is 54.4 Å². The highest BCUT2D eigenvalue weighted by molar-refractivity contribution is 5.80. The quantitative estimate of drug-likeness (QED) is 0.863. The molecule has 0 unspecified atom stereocenters. The molecule has 0 radical (unpaired) electrons. The molecule has 2 aromatic rings. The Kier molecular flexibility index (Phi) is 6.21. The van der Waals surface area contributed by atoms with E-state index in [0.717, 1.165) is 25.8 Å². The smallest absolute Gasteiger partial charge is 0.225 e. The van der Waals surface area contributed by atoms with E-state index >= 15 is 0 Å². The van der Waals surface area contributed by atoms with Gasteiger partial charge in [0, 0.05) is 25.5 Å². The molecule has 3 rings (SSSR count). The molecule has 1 aromatic heterocycles. The number of hydrogen-bond acceptors (Lipinski definition) is 4. The topological polar surface area (TPSA) is 58.1 Å². The van der Waals surface area contributed by atoms with Gasteiger partial charge in [0.15, 0.2) is 0 Å². The van der Waals surface area contributed by atoms with Crippen LogP contribution >= 0.6 is 0 Å². The summed E-state index contributed by atoms with van der Waals surface area (Å²) in [4.78, 5) is 23.7. The summed E-state index contributed by atoms with van der Waals surface area (Å²) >= 11 is 0. The minimum atomic E-state index is -0.0223. The number of carbonyl (C=O) groups is 1. The monoisotopic (exact) mass is 352 g/mol. The first-order chi connectivity index (χ1) is 12.6. The number of benzene rings is 1. The molecule has 26 heavy (non-hydrogen) atoms. The zero-order valence-corrected chi connectivity index (χ0v) is 15.6. The first kappa shape index (κ1) is 18.4. The summed E-state index contributed by atoms with van der Waals surface area (Å²) in [5.74, 6) is 1.35. The van der Waals surface area contributed by atoms with Gasteiger partial charge in [0.1, 0.15) is 0 Å². The largest absolute Gasteiger partial charge is 0.349 e. The molecule has 2 heterocycles. The fourth-order valence-electron chi connectivity index (χ4n) is 3.55. The van der Waals surface area contributed by atoms with Crippen molar-refractivity contribution in [3.63, 3.8) is 0 Å².